The van der Waals surface area contributed by atoms with E-state index in [9.17, 15) is 4.79 Å². The molecule has 1 heterocycles. The van der Waals surface area contributed by atoms with Crippen LogP contribution in [0.3, 0.4) is 0 Å². The maximum Gasteiger partial charge on any atom is 0.222 e. The Labute approximate surface area is 146 Å². The number of rotatable bonds is 7. The lowest BCUT2D eigenvalue weighted by atomic mass is 10.1. The van der Waals surface area contributed by atoms with Gasteiger partial charge < -0.3 is 10.1 Å². The standard InChI is InChI=1S/C19H20N4O2/c1-15(22-19(24)11-12-23-14-20-13-21-23)17-9-5-6-10-18(17)25-16-7-3-2-4-8-16/h2-10,13-15H,11-12H2,1H3,(H,22,24)/t15-/m1/s1. The fraction of sp³-hybridized carbons (Fsp3) is 0.211. The summed E-state index contributed by atoms with van der Waals surface area (Å²) in [4.78, 5) is 16.0. The fourth-order valence-electron chi connectivity index (χ4n) is 2.50. The summed E-state index contributed by atoms with van der Waals surface area (Å²) in [7, 11) is 0. The highest BCUT2D eigenvalue weighted by atomic mass is 16.5. The summed E-state index contributed by atoms with van der Waals surface area (Å²) in [5, 5.41) is 7.00. The fourth-order valence-corrected chi connectivity index (χ4v) is 2.50. The summed E-state index contributed by atoms with van der Waals surface area (Å²) in [6, 6.07) is 17.1. The normalized spacial score (nSPS) is 11.7. The number of carbonyl (C=O) groups is 1. The van der Waals surface area contributed by atoms with Crippen LogP contribution in [0.2, 0.25) is 0 Å². The molecule has 2 aromatic carbocycles. The summed E-state index contributed by atoms with van der Waals surface area (Å²) in [6.07, 6.45) is 3.40. The smallest absolute Gasteiger partial charge is 0.222 e. The highest BCUT2D eigenvalue weighted by molar-refractivity contribution is 5.76. The van der Waals surface area contributed by atoms with Crippen LogP contribution in [-0.2, 0) is 11.3 Å². The average Bonchev–Trinajstić information content (AvgIpc) is 3.15. The van der Waals surface area contributed by atoms with E-state index in [1.54, 1.807) is 11.0 Å². The molecule has 0 spiro atoms. The number of aromatic nitrogens is 3. The van der Waals surface area contributed by atoms with Crippen molar-refractivity contribution >= 4 is 5.91 Å². The van der Waals surface area contributed by atoms with E-state index in [1.807, 2.05) is 61.5 Å². The maximum absolute atomic E-state index is 12.2. The molecule has 25 heavy (non-hydrogen) atoms. The molecular formula is C19H20N4O2. The van der Waals surface area contributed by atoms with E-state index < -0.39 is 0 Å². The molecule has 1 aromatic heterocycles. The van der Waals surface area contributed by atoms with E-state index in [1.165, 1.54) is 6.33 Å². The van der Waals surface area contributed by atoms with Crippen LogP contribution >= 0.6 is 0 Å². The maximum atomic E-state index is 12.2. The number of aryl methyl sites for hydroxylation is 1. The molecule has 1 atom stereocenters. The Kier molecular flexibility index (Phi) is 5.41. The second-order valence-corrected chi connectivity index (χ2v) is 5.65. The summed E-state index contributed by atoms with van der Waals surface area (Å²) in [6.45, 7) is 2.45. The lowest BCUT2D eigenvalue weighted by Crippen LogP contribution is -2.27. The van der Waals surface area contributed by atoms with Gasteiger partial charge in [0.2, 0.25) is 5.91 Å². The van der Waals surface area contributed by atoms with Crippen molar-refractivity contribution in [2.75, 3.05) is 0 Å². The number of nitrogens with one attached hydrogen (secondary N) is 1. The molecule has 0 radical (unpaired) electrons. The minimum Gasteiger partial charge on any atom is -0.457 e. The summed E-state index contributed by atoms with van der Waals surface area (Å²) >= 11 is 0. The first-order chi connectivity index (χ1) is 12.2. The second-order valence-electron chi connectivity index (χ2n) is 5.65. The Balaban J connectivity index is 1.63. The van der Waals surface area contributed by atoms with E-state index in [0.29, 0.717) is 13.0 Å². The van der Waals surface area contributed by atoms with Gasteiger partial charge in [0.1, 0.15) is 24.2 Å². The zero-order valence-corrected chi connectivity index (χ0v) is 14.0. The lowest BCUT2D eigenvalue weighted by Gasteiger charge is -2.18. The topological polar surface area (TPSA) is 69.0 Å². The van der Waals surface area contributed by atoms with Gasteiger partial charge in [-0.2, -0.15) is 5.10 Å². The summed E-state index contributed by atoms with van der Waals surface area (Å²) in [5.41, 5.74) is 0.931. The number of hydrogen-bond acceptors (Lipinski definition) is 4. The number of carbonyl (C=O) groups excluding carboxylic acids is 1. The summed E-state index contributed by atoms with van der Waals surface area (Å²) < 4.78 is 7.59. The Morgan fingerprint density at radius 3 is 2.68 bits per heavy atom. The predicted molar refractivity (Wildman–Crippen MR) is 94.2 cm³/mol. The molecular weight excluding hydrogens is 316 g/mol. The van der Waals surface area contributed by atoms with Crippen molar-refractivity contribution in [2.45, 2.75) is 25.9 Å². The number of benzene rings is 2. The third kappa shape index (κ3) is 4.67. The Morgan fingerprint density at radius 1 is 1.16 bits per heavy atom. The number of ether oxygens (including phenoxy) is 1. The molecule has 0 unspecified atom stereocenters. The van der Waals surface area contributed by atoms with Crippen molar-refractivity contribution in [2.24, 2.45) is 0 Å². The quantitative estimate of drug-likeness (QED) is 0.718. The molecule has 0 fully saturated rings. The first kappa shape index (κ1) is 16.7. The van der Waals surface area contributed by atoms with Crippen LogP contribution in [0, 0.1) is 0 Å². The molecule has 0 bridgehead atoms. The molecule has 3 aromatic rings. The molecule has 6 heteroatoms. The van der Waals surface area contributed by atoms with E-state index in [4.69, 9.17) is 4.74 Å². The van der Waals surface area contributed by atoms with Gasteiger partial charge in [0, 0.05) is 12.0 Å². The van der Waals surface area contributed by atoms with Crippen molar-refractivity contribution in [3.05, 3.63) is 72.8 Å². The van der Waals surface area contributed by atoms with E-state index in [-0.39, 0.29) is 11.9 Å². The third-order valence-corrected chi connectivity index (χ3v) is 3.77. The van der Waals surface area contributed by atoms with E-state index in [0.717, 1.165) is 17.1 Å². The molecule has 3 rings (SSSR count). The highest BCUT2D eigenvalue weighted by Crippen LogP contribution is 2.29. The van der Waals surface area contributed by atoms with Crippen LogP contribution in [0.5, 0.6) is 11.5 Å². The number of nitrogens with zero attached hydrogens (tertiary/aromatic N) is 3. The van der Waals surface area contributed by atoms with E-state index in [2.05, 4.69) is 15.4 Å². The van der Waals surface area contributed by atoms with Gasteiger partial charge in [-0.1, -0.05) is 36.4 Å². The molecule has 0 saturated carbocycles. The first-order valence-electron chi connectivity index (χ1n) is 8.16. The van der Waals surface area contributed by atoms with Crippen molar-refractivity contribution in [1.29, 1.82) is 0 Å². The molecule has 1 amide bonds. The predicted octanol–water partition coefficient (Wildman–Crippen LogP) is 3.34. The van der Waals surface area contributed by atoms with Crippen LogP contribution < -0.4 is 10.1 Å². The van der Waals surface area contributed by atoms with Gasteiger partial charge in [-0.3, -0.25) is 9.48 Å². The average molecular weight is 336 g/mol. The van der Waals surface area contributed by atoms with Crippen molar-refractivity contribution < 1.29 is 9.53 Å². The van der Waals surface area contributed by atoms with Crippen LogP contribution in [0.1, 0.15) is 24.9 Å². The minimum absolute atomic E-state index is 0.0440. The van der Waals surface area contributed by atoms with Gasteiger partial charge in [-0.05, 0) is 25.1 Å². The Bertz CT molecular complexity index is 803. The highest BCUT2D eigenvalue weighted by Gasteiger charge is 2.14. The van der Waals surface area contributed by atoms with Gasteiger partial charge in [-0.25, -0.2) is 4.98 Å². The molecule has 1 N–H and O–H groups in total. The monoisotopic (exact) mass is 336 g/mol. The molecule has 0 aliphatic heterocycles. The van der Waals surface area contributed by atoms with Crippen LogP contribution in [0.25, 0.3) is 0 Å². The number of amides is 1. The zero-order chi connectivity index (χ0) is 17.5. The zero-order valence-electron chi connectivity index (χ0n) is 14.0. The van der Waals surface area contributed by atoms with Gasteiger partial charge in [0.05, 0.1) is 12.6 Å². The van der Waals surface area contributed by atoms with E-state index >= 15 is 0 Å². The Morgan fingerprint density at radius 2 is 1.92 bits per heavy atom. The molecule has 128 valence electrons. The number of hydrogen-bond donors (Lipinski definition) is 1. The Hall–Kier alpha value is -3.15. The van der Waals surface area contributed by atoms with Crippen LogP contribution in [0.15, 0.2) is 67.3 Å². The molecule has 0 saturated heterocycles. The molecule has 0 aliphatic rings. The third-order valence-electron chi connectivity index (χ3n) is 3.77. The van der Waals surface area contributed by atoms with Crippen molar-refractivity contribution in [3.8, 4) is 11.5 Å². The summed E-state index contributed by atoms with van der Waals surface area (Å²) in [5.74, 6) is 1.45. The van der Waals surface area contributed by atoms with Gasteiger partial charge >= 0.3 is 0 Å². The first-order valence-corrected chi connectivity index (χ1v) is 8.16. The van der Waals surface area contributed by atoms with Gasteiger partial charge in [0.15, 0.2) is 0 Å². The van der Waals surface area contributed by atoms with Gasteiger partial charge in [-0.15, -0.1) is 0 Å². The largest absolute Gasteiger partial charge is 0.457 e. The number of para-hydroxylation sites is 2. The molecule has 0 aliphatic carbocycles. The SMILES string of the molecule is C[C@@H](NC(=O)CCn1cncn1)c1ccccc1Oc1ccccc1. The van der Waals surface area contributed by atoms with Crippen molar-refractivity contribution in [1.82, 2.24) is 20.1 Å². The second kappa shape index (κ2) is 8.10. The van der Waals surface area contributed by atoms with Gasteiger partial charge in [0.25, 0.3) is 0 Å². The lowest BCUT2D eigenvalue weighted by molar-refractivity contribution is -0.122. The molecule has 6 nitrogen and oxygen atoms in total. The minimum atomic E-state index is -0.164. The van der Waals surface area contributed by atoms with Crippen LogP contribution in [-0.4, -0.2) is 20.7 Å². The van der Waals surface area contributed by atoms with Crippen molar-refractivity contribution in [3.63, 3.8) is 0 Å². The van der Waals surface area contributed by atoms with Crippen LogP contribution in [0.4, 0.5) is 0 Å².